The van der Waals surface area contributed by atoms with Crippen LogP contribution in [0, 0.1) is 0 Å². The SMILES string of the molecule is O=C(OC[C@@H](O)[C@@H](O)[C@H](O)[C@@H](O)CO)c1ccc(O)cc1. The third kappa shape index (κ3) is 4.96. The van der Waals surface area contributed by atoms with Crippen LogP contribution in [-0.4, -0.2) is 74.2 Å². The van der Waals surface area contributed by atoms with Crippen molar-refractivity contribution in [1.82, 2.24) is 0 Å². The molecule has 0 aliphatic rings. The van der Waals surface area contributed by atoms with Crippen molar-refractivity contribution in [3.05, 3.63) is 29.8 Å². The van der Waals surface area contributed by atoms with Crippen molar-refractivity contribution in [1.29, 1.82) is 0 Å². The van der Waals surface area contributed by atoms with Crippen LogP contribution in [0.1, 0.15) is 10.4 Å². The molecule has 0 aromatic heterocycles. The zero-order valence-electron chi connectivity index (χ0n) is 11.0. The number of aliphatic hydroxyl groups excluding tert-OH is 5. The molecule has 6 N–H and O–H groups in total. The molecule has 0 aliphatic heterocycles. The fourth-order valence-electron chi connectivity index (χ4n) is 1.50. The molecule has 0 saturated carbocycles. The third-order valence-electron chi connectivity index (χ3n) is 2.81. The van der Waals surface area contributed by atoms with Crippen LogP contribution < -0.4 is 0 Å². The average Bonchev–Trinajstić information content (AvgIpc) is 2.50. The first-order valence-electron chi connectivity index (χ1n) is 6.16. The smallest absolute Gasteiger partial charge is 0.338 e. The molecular formula is C13H18O8. The maximum Gasteiger partial charge on any atom is 0.338 e. The van der Waals surface area contributed by atoms with E-state index in [4.69, 9.17) is 20.1 Å². The summed E-state index contributed by atoms with van der Waals surface area (Å²) in [5, 5.41) is 55.3. The molecule has 4 atom stereocenters. The number of benzene rings is 1. The summed E-state index contributed by atoms with van der Waals surface area (Å²) in [5.41, 5.74) is 0.130. The first-order chi connectivity index (χ1) is 9.86. The van der Waals surface area contributed by atoms with E-state index in [1.807, 2.05) is 0 Å². The van der Waals surface area contributed by atoms with Gasteiger partial charge in [-0.15, -0.1) is 0 Å². The van der Waals surface area contributed by atoms with Gasteiger partial charge in [0.1, 0.15) is 36.8 Å². The van der Waals surface area contributed by atoms with Crippen LogP contribution in [0.5, 0.6) is 5.75 Å². The summed E-state index contributed by atoms with van der Waals surface area (Å²) in [7, 11) is 0. The van der Waals surface area contributed by atoms with Crippen LogP contribution in [-0.2, 0) is 4.74 Å². The maximum atomic E-state index is 11.6. The lowest BCUT2D eigenvalue weighted by Crippen LogP contribution is -2.47. The lowest BCUT2D eigenvalue weighted by atomic mass is 10.0. The van der Waals surface area contributed by atoms with Gasteiger partial charge in [-0.25, -0.2) is 4.79 Å². The molecule has 8 nitrogen and oxygen atoms in total. The van der Waals surface area contributed by atoms with Crippen molar-refractivity contribution < 1.29 is 40.2 Å². The van der Waals surface area contributed by atoms with Crippen LogP contribution in [0.2, 0.25) is 0 Å². The molecular weight excluding hydrogens is 284 g/mol. The second-order valence-electron chi connectivity index (χ2n) is 4.44. The summed E-state index contributed by atoms with van der Waals surface area (Å²) in [6.45, 7) is -1.41. The molecule has 0 heterocycles. The van der Waals surface area contributed by atoms with E-state index in [0.29, 0.717) is 0 Å². The van der Waals surface area contributed by atoms with Crippen LogP contribution in [0.15, 0.2) is 24.3 Å². The fourth-order valence-corrected chi connectivity index (χ4v) is 1.50. The zero-order valence-corrected chi connectivity index (χ0v) is 11.0. The van der Waals surface area contributed by atoms with Crippen molar-refractivity contribution >= 4 is 5.97 Å². The number of esters is 1. The standard InChI is InChI=1S/C13H18O8/c14-5-9(16)11(18)12(19)10(17)6-21-13(20)7-1-3-8(15)4-2-7/h1-4,9-12,14-19H,5-6H2/t9-,10+,11+,12+/m0/s1. The maximum absolute atomic E-state index is 11.6. The van der Waals surface area contributed by atoms with Gasteiger partial charge in [0.15, 0.2) is 0 Å². The highest BCUT2D eigenvalue weighted by atomic mass is 16.5. The first-order valence-corrected chi connectivity index (χ1v) is 6.16. The van der Waals surface area contributed by atoms with E-state index in [9.17, 15) is 20.1 Å². The van der Waals surface area contributed by atoms with E-state index < -0.39 is 43.6 Å². The van der Waals surface area contributed by atoms with E-state index in [0.717, 1.165) is 0 Å². The summed E-state index contributed by atoms with van der Waals surface area (Å²) in [5.74, 6) is -0.818. The molecule has 0 aliphatic carbocycles. The van der Waals surface area contributed by atoms with E-state index in [2.05, 4.69) is 0 Å². The highest BCUT2D eigenvalue weighted by Gasteiger charge is 2.30. The molecule has 8 heteroatoms. The second kappa shape index (κ2) is 7.91. The molecule has 1 aromatic rings. The van der Waals surface area contributed by atoms with Crippen LogP contribution in [0.25, 0.3) is 0 Å². The van der Waals surface area contributed by atoms with Gasteiger partial charge in [-0.1, -0.05) is 0 Å². The molecule has 0 unspecified atom stereocenters. The van der Waals surface area contributed by atoms with Gasteiger partial charge in [-0.3, -0.25) is 0 Å². The molecule has 118 valence electrons. The molecule has 1 aromatic carbocycles. The van der Waals surface area contributed by atoms with Crippen molar-refractivity contribution in [2.24, 2.45) is 0 Å². The Morgan fingerprint density at radius 3 is 2.05 bits per heavy atom. The minimum atomic E-state index is -1.79. The number of ether oxygens (including phenoxy) is 1. The van der Waals surface area contributed by atoms with Gasteiger partial charge in [-0.2, -0.15) is 0 Å². The Balaban J connectivity index is 2.50. The minimum Gasteiger partial charge on any atom is -0.508 e. The Hall–Kier alpha value is -1.71. The lowest BCUT2D eigenvalue weighted by molar-refractivity contribution is -0.124. The Morgan fingerprint density at radius 2 is 1.52 bits per heavy atom. The summed E-state index contributed by atoms with van der Waals surface area (Å²) in [4.78, 5) is 11.6. The molecule has 0 radical (unpaired) electrons. The Bertz CT molecular complexity index is 446. The number of hydrogen-bond donors (Lipinski definition) is 6. The number of hydrogen-bond acceptors (Lipinski definition) is 8. The third-order valence-corrected chi connectivity index (χ3v) is 2.81. The second-order valence-corrected chi connectivity index (χ2v) is 4.44. The molecule has 1 rings (SSSR count). The zero-order chi connectivity index (χ0) is 16.0. The summed E-state index contributed by atoms with van der Waals surface area (Å²) in [6, 6.07) is 5.18. The normalized spacial score (nSPS) is 16.8. The number of phenolic OH excluding ortho intramolecular Hbond substituents is 1. The average molecular weight is 302 g/mol. The quantitative estimate of drug-likeness (QED) is 0.316. The van der Waals surface area contributed by atoms with E-state index >= 15 is 0 Å². The van der Waals surface area contributed by atoms with Crippen LogP contribution in [0.4, 0.5) is 0 Å². The number of aliphatic hydroxyl groups is 5. The van der Waals surface area contributed by atoms with E-state index in [1.54, 1.807) is 0 Å². The van der Waals surface area contributed by atoms with Gasteiger partial charge in [0.05, 0.1) is 12.2 Å². The number of rotatable bonds is 7. The van der Waals surface area contributed by atoms with Gasteiger partial charge in [0, 0.05) is 0 Å². The van der Waals surface area contributed by atoms with Crippen molar-refractivity contribution in [3.63, 3.8) is 0 Å². The predicted octanol–water partition coefficient (Wildman–Crippen LogP) is -2.02. The highest BCUT2D eigenvalue weighted by molar-refractivity contribution is 5.89. The number of carbonyl (C=O) groups is 1. The van der Waals surface area contributed by atoms with Crippen LogP contribution >= 0.6 is 0 Å². The molecule has 0 fully saturated rings. The fraction of sp³-hybridized carbons (Fsp3) is 0.462. The van der Waals surface area contributed by atoms with Gasteiger partial charge in [0.25, 0.3) is 0 Å². The topological polar surface area (TPSA) is 148 Å². The largest absolute Gasteiger partial charge is 0.508 e. The Morgan fingerprint density at radius 1 is 1.00 bits per heavy atom. The van der Waals surface area contributed by atoms with Crippen molar-refractivity contribution in [3.8, 4) is 5.75 Å². The molecule has 0 saturated heterocycles. The lowest BCUT2D eigenvalue weighted by Gasteiger charge is -2.25. The van der Waals surface area contributed by atoms with E-state index in [1.165, 1.54) is 24.3 Å². The highest BCUT2D eigenvalue weighted by Crippen LogP contribution is 2.11. The van der Waals surface area contributed by atoms with Gasteiger partial charge in [-0.05, 0) is 24.3 Å². The summed E-state index contributed by atoms with van der Waals surface area (Å²) in [6.07, 6.45) is -6.83. The van der Waals surface area contributed by atoms with Gasteiger partial charge in [0.2, 0.25) is 0 Å². The number of phenols is 1. The first kappa shape index (κ1) is 17.3. The van der Waals surface area contributed by atoms with Crippen molar-refractivity contribution in [2.45, 2.75) is 24.4 Å². The number of carbonyl (C=O) groups excluding carboxylic acids is 1. The molecule has 0 spiro atoms. The number of aromatic hydroxyl groups is 1. The molecule has 0 bridgehead atoms. The van der Waals surface area contributed by atoms with Gasteiger partial charge >= 0.3 is 5.97 Å². The predicted molar refractivity (Wildman–Crippen MR) is 69.5 cm³/mol. The summed E-state index contributed by atoms with van der Waals surface area (Å²) >= 11 is 0. The van der Waals surface area contributed by atoms with E-state index in [-0.39, 0.29) is 11.3 Å². The summed E-state index contributed by atoms with van der Waals surface area (Å²) < 4.78 is 4.73. The van der Waals surface area contributed by atoms with Gasteiger partial charge < -0.3 is 35.4 Å². The van der Waals surface area contributed by atoms with Crippen molar-refractivity contribution in [2.75, 3.05) is 13.2 Å². The Labute approximate surface area is 120 Å². The monoisotopic (exact) mass is 302 g/mol. The Kier molecular flexibility index (Phi) is 6.53. The molecule has 0 amide bonds. The molecule has 21 heavy (non-hydrogen) atoms. The minimum absolute atomic E-state index is 0.0249. The van der Waals surface area contributed by atoms with Crippen LogP contribution in [0.3, 0.4) is 0 Å².